The second kappa shape index (κ2) is 5.56. The average molecular weight is 400 g/mol. The first kappa shape index (κ1) is 13.1. The molecule has 0 saturated carbocycles. The molecule has 0 bridgehead atoms. The van der Waals surface area contributed by atoms with Crippen LogP contribution in [-0.2, 0) is 0 Å². The minimum atomic E-state index is 0.140. The van der Waals surface area contributed by atoms with Crippen molar-refractivity contribution in [1.29, 1.82) is 0 Å². The lowest BCUT2D eigenvalue weighted by atomic mass is 10.3. The van der Waals surface area contributed by atoms with Gasteiger partial charge in [-0.05, 0) is 52.4 Å². The number of nitrogens with one attached hydrogen (secondary N) is 1. The Bertz CT molecular complexity index is 562. The zero-order chi connectivity index (χ0) is 12.4. The third kappa shape index (κ3) is 3.34. The van der Waals surface area contributed by atoms with Crippen molar-refractivity contribution in [1.82, 2.24) is 9.97 Å². The zero-order valence-corrected chi connectivity index (χ0v) is 12.6. The van der Waals surface area contributed by atoms with Gasteiger partial charge < -0.3 is 5.32 Å². The molecule has 2 aromatic rings. The van der Waals surface area contributed by atoms with Gasteiger partial charge in [-0.1, -0.05) is 23.2 Å². The van der Waals surface area contributed by atoms with Crippen molar-refractivity contribution in [3.8, 4) is 0 Å². The molecule has 1 aromatic heterocycles. The van der Waals surface area contributed by atoms with Crippen LogP contribution in [0.1, 0.15) is 0 Å². The van der Waals surface area contributed by atoms with Gasteiger partial charge in [0.1, 0.15) is 5.02 Å². The monoisotopic (exact) mass is 399 g/mol. The molecule has 0 atom stereocenters. The van der Waals surface area contributed by atoms with Crippen LogP contribution in [0.25, 0.3) is 0 Å². The maximum atomic E-state index is 5.96. The van der Waals surface area contributed by atoms with E-state index in [0.717, 1.165) is 9.26 Å². The van der Waals surface area contributed by atoms with Gasteiger partial charge in [0.25, 0.3) is 0 Å². The fourth-order valence-electron chi connectivity index (χ4n) is 1.15. The highest BCUT2D eigenvalue weighted by Gasteiger charge is 2.07. The maximum Gasteiger partial charge on any atom is 0.224 e. The molecule has 17 heavy (non-hydrogen) atoms. The predicted octanol–water partition coefficient (Wildman–Crippen LogP) is 4.79. The Labute approximate surface area is 127 Å². The highest BCUT2D eigenvalue weighted by Crippen LogP contribution is 2.28. The van der Waals surface area contributed by atoms with E-state index in [1.54, 1.807) is 6.07 Å². The van der Waals surface area contributed by atoms with E-state index in [1.807, 2.05) is 12.1 Å². The Balaban J connectivity index is 2.34. The Morgan fingerprint density at radius 1 is 1.18 bits per heavy atom. The molecular formula is C10H5Cl3IN3. The molecule has 88 valence electrons. The lowest BCUT2D eigenvalue weighted by molar-refractivity contribution is 1.17. The molecule has 7 heteroatoms. The summed E-state index contributed by atoms with van der Waals surface area (Å²) >= 11 is 19.7. The Morgan fingerprint density at radius 3 is 2.65 bits per heavy atom. The molecular weight excluding hydrogens is 395 g/mol. The van der Waals surface area contributed by atoms with E-state index in [9.17, 15) is 0 Å². The quantitative estimate of drug-likeness (QED) is 0.582. The first-order chi connectivity index (χ1) is 8.06. The normalized spacial score (nSPS) is 10.4. The number of hydrogen-bond donors (Lipinski definition) is 1. The van der Waals surface area contributed by atoms with Crippen molar-refractivity contribution in [3.63, 3.8) is 0 Å². The summed E-state index contributed by atoms with van der Waals surface area (Å²) in [6.45, 7) is 0. The molecule has 0 aliphatic heterocycles. The summed E-state index contributed by atoms with van der Waals surface area (Å²) in [5.74, 6) is 0.465. The summed E-state index contributed by atoms with van der Waals surface area (Å²) < 4.78 is 0.959. The number of benzene rings is 1. The minimum Gasteiger partial charge on any atom is -0.338 e. The molecule has 0 fully saturated rings. The van der Waals surface area contributed by atoms with Gasteiger partial charge in [0, 0.05) is 8.59 Å². The lowest BCUT2D eigenvalue weighted by Crippen LogP contribution is -1.97. The van der Waals surface area contributed by atoms with Gasteiger partial charge in [-0.25, -0.2) is 4.98 Å². The van der Waals surface area contributed by atoms with Crippen LogP contribution in [0.15, 0.2) is 24.4 Å². The van der Waals surface area contributed by atoms with Crippen LogP contribution in [-0.4, -0.2) is 9.97 Å². The number of rotatable bonds is 2. The van der Waals surface area contributed by atoms with Crippen LogP contribution < -0.4 is 5.32 Å². The maximum absolute atomic E-state index is 5.96. The second-order valence-corrected chi connectivity index (χ2v) is 5.43. The number of aromatic nitrogens is 2. The summed E-state index contributed by atoms with van der Waals surface area (Å²) in [6.07, 6.45) is 1.45. The van der Waals surface area contributed by atoms with Crippen molar-refractivity contribution in [2.75, 3.05) is 5.32 Å². The van der Waals surface area contributed by atoms with E-state index in [1.165, 1.54) is 6.20 Å². The minimum absolute atomic E-state index is 0.140. The SMILES string of the molecule is Clc1ccc(Nc2nc(Cl)ncc2Cl)c(I)c1. The fourth-order valence-corrected chi connectivity index (χ4v) is 2.43. The van der Waals surface area contributed by atoms with Crippen molar-refractivity contribution in [2.45, 2.75) is 0 Å². The van der Waals surface area contributed by atoms with Gasteiger partial charge in [0.05, 0.1) is 11.9 Å². The highest BCUT2D eigenvalue weighted by molar-refractivity contribution is 14.1. The Morgan fingerprint density at radius 2 is 1.94 bits per heavy atom. The van der Waals surface area contributed by atoms with E-state index in [2.05, 4.69) is 37.9 Å². The third-order valence-corrected chi connectivity index (χ3v) is 3.49. The smallest absolute Gasteiger partial charge is 0.224 e. The van der Waals surface area contributed by atoms with E-state index in [-0.39, 0.29) is 5.28 Å². The largest absolute Gasteiger partial charge is 0.338 e. The van der Waals surface area contributed by atoms with Gasteiger partial charge in [-0.3, -0.25) is 0 Å². The van der Waals surface area contributed by atoms with Crippen molar-refractivity contribution in [3.05, 3.63) is 43.3 Å². The summed E-state index contributed by atoms with van der Waals surface area (Å²) in [6, 6.07) is 5.46. The molecule has 0 saturated heterocycles. The molecule has 2 rings (SSSR count). The van der Waals surface area contributed by atoms with E-state index in [0.29, 0.717) is 15.9 Å². The van der Waals surface area contributed by atoms with Crippen molar-refractivity contribution in [2.24, 2.45) is 0 Å². The van der Waals surface area contributed by atoms with Crippen LogP contribution in [0.5, 0.6) is 0 Å². The van der Waals surface area contributed by atoms with Gasteiger partial charge in [0.2, 0.25) is 5.28 Å². The summed E-state index contributed by atoms with van der Waals surface area (Å²) in [5, 5.41) is 4.29. The number of halogens is 4. The van der Waals surface area contributed by atoms with E-state index >= 15 is 0 Å². The van der Waals surface area contributed by atoms with Gasteiger partial charge in [-0.15, -0.1) is 0 Å². The number of nitrogens with zero attached hydrogens (tertiary/aromatic N) is 2. The van der Waals surface area contributed by atoms with E-state index in [4.69, 9.17) is 34.8 Å². The van der Waals surface area contributed by atoms with E-state index < -0.39 is 0 Å². The molecule has 1 aromatic carbocycles. The molecule has 0 amide bonds. The molecule has 0 spiro atoms. The Hall–Kier alpha value is -0.300. The van der Waals surface area contributed by atoms with Gasteiger partial charge in [0.15, 0.2) is 5.82 Å². The highest BCUT2D eigenvalue weighted by atomic mass is 127. The molecule has 0 aliphatic carbocycles. The second-order valence-electron chi connectivity index (χ2n) is 3.08. The predicted molar refractivity (Wildman–Crippen MR) is 79.5 cm³/mol. The van der Waals surface area contributed by atoms with Crippen LogP contribution in [0.3, 0.4) is 0 Å². The number of anilines is 2. The standard InChI is InChI=1S/C10H5Cl3IN3/c11-5-1-2-8(7(14)3-5)16-9-6(12)4-15-10(13)17-9/h1-4H,(H,15,16,17). The molecule has 0 radical (unpaired) electrons. The van der Waals surface area contributed by atoms with Crippen molar-refractivity contribution < 1.29 is 0 Å². The van der Waals surface area contributed by atoms with Crippen LogP contribution >= 0.6 is 57.4 Å². The molecule has 0 aliphatic rings. The van der Waals surface area contributed by atoms with Crippen LogP contribution in [0.2, 0.25) is 15.3 Å². The van der Waals surface area contributed by atoms with Crippen LogP contribution in [0, 0.1) is 3.57 Å². The average Bonchev–Trinajstić information content (AvgIpc) is 2.27. The summed E-state index contributed by atoms with van der Waals surface area (Å²) in [7, 11) is 0. The molecule has 1 heterocycles. The first-order valence-electron chi connectivity index (χ1n) is 4.46. The molecule has 0 unspecified atom stereocenters. The molecule has 1 N–H and O–H groups in total. The first-order valence-corrected chi connectivity index (χ1v) is 6.67. The van der Waals surface area contributed by atoms with Crippen molar-refractivity contribution >= 4 is 68.9 Å². The summed E-state index contributed by atoms with van der Waals surface area (Å²) in [4.78, 5) is 7.78. The number of hydrogen-bond acceptors (Lipinski definition) is 3. The fraction of sp³-hybridized carbons (Fsp3) is 0. The van der Waals surface area contributed by atoms with Gasteiger partial charge >= 0.3 is 0 Å². The lowest BCUT2D eigenvalue weighted by Gasteiger charge is -2.09. The van der Waals surface area contributed by atoms with Gasteiger partial charge in [-0.2, -0.15) is 4.98 Å². The third-order valence-electron chi connectivity index (χ3n) is 1.90. The molecule has 3 nitrogen and oxygen atoms in total. The van der Waals surface area contributed by atoms with Crippen LogP contribution in [0.4, 0.5) is 11.5 Å². The topological polar surface area (TPSA) is 37.8 Å². The Kier molecular flexibility index (Phi) is 4.30. The zero-order valence-electron chi connectivity index (χ0n) is 8.22. The summed E-state index contributed by atoms with van der Waals surface area (Å²) in [5.41, 5.74) is 0.853.